The molecule has 3 rings (SSSR count). The largest absolute Gasteiger partial charge is 0.375 e. The Labute approximate surface area is 145 Å². The lowest BCUT2D eigenvalue weighted by atomic mass is 10.1. The van der Waals surface area contributed by atoms with Crippen LogP contribution in [0.2, 0.25) is 0 Å². The van der Waals surface area contributed by atoms with Crippen molar-refractivity contribution in [2.45, 2.75) is 63.6 Å². The molecule has 130 valence electrons. The van der Waals surface area contributed by atoms with Crippen molar-refractivity contribution in [3.05, 3.63) is 42.0 Å². The molecule has 0 radical (unpaired) electrons. The fourth-order valence-electron chi connectivity index (χ4n) is 3.69. The molecule has 2 fully saturated rings. The summed E-state index contributed by atoms with van der Waals surface area (Å²) < 4.78 is 6.18. The van der Waals surface area contributed by atoms with E-state index in [0.29, 0.717) is 18.6 Å². The van der Waals surface area contributed by atoms with Crippen molar-refractivity contribution in [1.82, 2.24) is 4.90 Å². The predicted octanol–water partition coefficient (Wildman–Crippen LogP) is 4.43. The van der Waals surface area contributed by atoms with Gasteiger partial charge in [0, 0.05) is 19.5 Å². The Balaban J connectivity index is 1.33. The van der Waals surface area contributed by atoms with Crippen molar-refractivity contribution >= 4 is 12.0 Å². The summed E-state index contributed by atoms with van der Waals surface area (Å²) in [4.78, 5) is 14.3. The van der Waals surface area contributed by atoms with Crippen LogP contribution in [0.15, 0.2) is 36.4 Å². The van der Waals surface area contributed by atoms with Crippen LogP contribution >= 0.6 is 0 Å². The molecule has 1 saturated heterocycles. The second-order valence-corrected chi connectivity index (χ2v) is 6.97. The quantitative estimate of drug-likeness (QED) is 0.773. The van der Waals surface area contributed by atoms with E-state index in [4.69, 9.17) is 4.74 Å². The molecular formula is C21H29NO2. The summed E-state index contributed by atoms with van der Waals surface area (Å²) in [5.41, 5.74) is 1.19. The fraction of sp³-hybridized carbons (Fsp3) is 0.571. The highest BCUT2D eigenvalue weighted by molar-refractivity contribution is 5.76. The topological polar surface area (TPSA) is 29.5 Å². The first-order valence-corrected chi connectivity index (χ1v) is 9.46. The molecule has 0 bridgehead atoms. The minimum Gasteiger partial charge on any atom is -0.375 e. The minimum atomic E-state index is 0.284. The molecule has 3 heteroatoms. The van der Waals surface area contributed by atoms with E-state index in [9.17, 15) is 4.79 Å². The zero-order chi connectivity index (χ0) is 16.6. The number of rotatable bonds is 6. The molecule has 2 aliphatic rings. The molecule has 0 unspecified atom stereocenters. The van der Waals surface area contributed by atoms with Gasteiger partial charge in [-0.1, -0.05) is 55.3 Å². The van der Waals surface area contributed by atoms with E-state index in [0.717, 1.165) is 32.4 Å². The Bertz CT molecular complexity index is 526. The second kappa shape index (κ2) is 9.03. The third-order valence-corrected chi connectivity index (χ3v) is 5.12. The zero-order valence-electron chi connectivity index (χ0n) is 14.5. The monoisotopic (exact) mass is 327 g/mol. The zero-order valence-corrected chi connectivity index (χ0v) is 14.5. The van der Waals surface area contributed by atoms with Gasteiger partial charge in [0.2, 0.25) is 5.91 Å². The highest BCUT2D eigenvalue weighted by atomic mass is 16.5. The number of benzene rings is 1. The summed E-state index contributed by atoms with van der Waals surface area (Å²) in [5, 5.41) is 0. The second-order valence-electron chi connectivity index (χ2n) is 6.97. The number of hydrogen-bond donors (Lipinski definition) is 0. The Kier molecular flexibility index (Phi) is 6.48. The summed E-state index contributed by atoms with van der Waals surface area (Å²) in [6.07, 6.45) is 13.6. The number of carbonyl (C=O) groups is 1. The predicted molar refractivity (Wildman–Crippen MR) is 97.7 cm³/mol. The van der Waals surface area contributed by atoms with Gasteiger partial charge in [-0.15, -0.1) is 0 Å². The van der Waals surface area contributed by atoms with Gasteiger partial charge < -0.3 is 9.64 Å². The number of nitrogens with zero attached hydrogens (tertiary/aromatic N) is 1. The molecule has 0 aromatic heterocycles. The number of ether oxygens (including phenoxy) is 1. The molecule has 1 aromatic carbocycles. The smallest absolute Gasteiger partial charge is 0.222 e. The summed E-state index contributed by atoms with van der Waals surface area (Å²) in [7, 11) is 0. The highest BCUT2D eigenvalue weighted by Crippen LogP contribution is 2.25. The van der Waals surface area contributed by atoms with Crippen LogP contribution in [-0.2, 0) is 9.53 Å². The third-order valence-electron chi connectivity index (χ3n) is 5.12. The van der Waals surface area contributed by atoms with Crippen LogP contribution in [0.25, 0.3) is 6.08 Å². The molecule has 1 aliphatic carbocycles. The number of hydrogen-bond acceptors (Lipinski definition) is 2. The van der Waals surface area contributed by atoms with Crippen molar-refractivity contribution in [3.8, 4) is 0 Å². The van der Waals surface area contributed by atoms with Gasteiger partial charge in [0.1, 0.15) is 0 Å². The third kappa shape index (κ3) is 5.20. The number of allylic oxidation sites excluding steroid dienone is 1. The van der Waals surface area contributed by atoms with Gasteiger partial charge in [-0.2, -0.15) is 0 Å². The van der Waals surface area contributed by atoms with Crippen LogP contribution in [0.5, 0.6) is 0 Å². The molecule has 1 aliphatic heterocycles. The Hall–Kier alpha value is -1.61. The summed E-state index contributed by atoms with van der Waals surface area (Å²) in [5.74, 6) is 0.284. The molecule has 0 N–H and O–H groups in total. The maximum Gasteiger partial charge on any atom is 0.222 e. The SMILES string of the molecule is O=C(CC/C=C\c1ccccc1)N1CCC(OC2CCCC2)CC1. The first-order chi connectivity index (χ1) is 11.8. The first kappa shape index (κ1) is 17.2. The molecule has 1 amide bonds. The maximum absolute atomic E-state index is 12.3. The van der Waals surface area contributed by atoms with Crippen LogP contribution in [0, 0.1) is 0 Å². The van der Waals surface area contributed by atoms with Crippen LogP contribution < -0.4 is 0 Å². The first-order valence-electron chi connectivity index (χ1n) is 9.46. The van der Waals surface area contributed by atoms with Gasteiger partial charge in [0.25, 0.3) is 0 Å². The van der Waals surface area contributed by atoms with Gasteiger partial charge >= 0.3 is 0 Å². The summed E-state index contributed by atoms with van der Waals surface area (Å²) in [6, 6.07) is 10.2. The van der Waals surface area contributed by atoms with E-state index >= 15 is 0 Å². The normalized spacial score (nSPS) is 20.1. The van der Waals surface area contributed by atoms with Gasteiger partial charge in [-0.3, -0.25) is 4.79 Å². The lowest BCUT2D eigenvalue weighted by Gasteiger charge is -2.33. The molecule has 0 atom stereocenters. The Morgan fingerprint density at radius 1 is 1.04 bits per heavy atom. The Morgan fingerprint density at radius 2 is 1.71 bits per heavy atom. The van der Waals surface area contributed by atoms with Crippen LogP contribution in [0.4, 0.5) is 0 Å². The Morgan fingerprint density at radius 3 is 2.42 bits per heavy atom. The number of amides is 1. The lowest BCUT2D eigenvalue weighted by Crippen LogP contribution is -2.41. The van der Waals surface area contributed by atoms with E-state index in [1.54, 1.807) is 0 Å². The van der Waals surface area contributed by atoms with Crippen molar-refractivity contribution in [3.63, 3.8) is 0 Å². The van der Waals surface area contributed by atoms with E-state index < -0.39 is 0 Å². The summed E-state index contributed by atoms with van der Waals surface area (Å²) >= 11 is 0. The van der Waals surface area contributed by atoms with Gasteiger partial charge in [-0.05, 0) is 37.7 Å². The molecular weight excluding hydrogens is 298 g/mol. The standard InChI is InChI=1S/C21H29NO2/c23-21(13-7-4-10-18-8-2-1-3-9-18)22-16-14-20(15-17-22)24-19-11-5-6-12-19/h1-4,8-10,19-20H,5-7,11-17H2/b10-4-. The summed E-state index contributed by atoms with van der Waals surface area (Å²) in [6.45, 7) is 1.72. The van der Waals surface area contributed by atoms with Crippen molar-refractivity contribution in [1.29, 1.82) is 0 Å². The van der Waals surface area contributed by atoms with E-state index in [1.165, 1.54) is 31.2 Å². The number of likely N-dealkylation sites (tertiary alicyclic amines) is 1. The average Bonchev–Trinajstić information content (AvgIpc) is 3.13. The van der Waals surface area contributed by atoms with E-state index in [-0.39, 0.29) is 5.91 Å². The molecule has 1 saturated carbocycles. The fourth-order valence-corrected chi connectivity index (χ4v) is 3.69. The number of piperidine rings is 1. The van der Waals surface area contributed by atoms with Gasteiger partial charge in [-0.25, -0.2) is 0 Å². The molecule has 24 heavy (non-hydrogen) atoms. The average molecular weight is 327 g/mol. The van der Waals surface area contributed by atoms with Crippen LogP contribution in [0.3, 0.4) is 0 Å². The minimum absolute atomic E-state index is 0.284. The van der Waals surface area contributed by atoms with Gasteiger partial charge in [0.15, 0.2) is 0 Å². The molecule has 0 spiro atoms. The lowest BCUT2D eigenvalue weighted by molar-refractivity contribution is -0.134. The highest BCUT2D eigenvalue weighted by Gasteiger charge is 2.26. The van der Waals surface area contributed by atoms with Gasteiger partial charge in [0.05, 0.1) is 12.2 Å². The van der Waals surface area contributed by atoms with Crippen molar-refractivity contribution < 1.29 is 9.53 Å². The van der Waals surface area contributed by atoms with Crippen LogP contribution in [-0.4, -0.2) is 36.1 Å². The van der Waals surface area contributed by atoms with E-state index in [1.807, 2.05) is 23.1 Å². The molecule has 3 nitrogen and oxygen atoms in total. The number of carbonyl (C=O) groups excluding carboxylic acids is 1. The molecule has 1 aromatic rings. The van der Waals surface area contributed by atoms with Crippen molar-refractivity contribution in [2.24, 2.45) is 0 Å². The van der Waals surface area contributed by atoms with E-state index in [2.05, 4.69) is 24.3 Å². The molecule has 1 heterocycles. The van der Waals surface area contributed by atoms with Crippen molar-refractivity contribution in [2.75, 3.05) is 13.1 Å². The van der Waals surface area contributed by atoms with Crippen LogP contribution in [0.1, 0.15) is 56.9 Å². The maximum atomic E-state index is 12.3.